The molecule has 0 aromatic heterocycles. The van der Waals surface area contributed by atoms with Crippen molar-refractivity contribution in [2.24, 2.45) is 17.8 Å². The predicted molar refractivity (Wildman–Crippen MR) is 129 cm³/mol. The van der Waals surface area contributed by atoms with Crippen LogP contribution in [0.2, 0.25) is 0 Å². The van der Waals surface area contributed by atoms with Gasteiger partial charge in [-0.1, -0.05) is 12.1 Å². The zero-order chi connectivity index (χ0) is 23.9. The summed E-state index contributed by atoms with van der Waals surface area (Å²) in [5, 5.41) is 6.30. The van der Waals surface area contributed by atoms with Gasteiger partial charge in [-0.15, -0.1) is 0 Å². The summed E-state index contributed by atoms with van der Waals surface area (Å²) in [5.74, 6) is 2.92. The molecule has 0 spiro atoms. The Morgan fingerprint density at radius 3 is 1.91 bits per heavy atom. The first-order valence-corrected chi connectivity index (χ1v) is 12.0. The molecule has 4 saturated carbocycles. The van der Waals surface area contributed by atoms with Gasteiger partial charge in [-0.25, -0.2) is 0 Å². The third-order valence-corrected chi connectivity index (χ3v) is 7.76. The molecule has 34 heavy (non-hydrogen) atoms. The molecule has 180 valence electrons. The van der Waals surface area contributed by atoms with Gasteiger partial charge >= 0.3 is 0 Å². The fourth-order valence-electron chi connectivity index (χ4n) is 6.77. The van der Waals surface area contributed by atoms with Crippen LogP contribution in [0.5, 0.6) is 17.2 Å². The lowest BCUT2D eigenvalue weighted by Crippen LogP contribution is -2.59. The number of rotatable bonds is 7. The summed E-state index contributed by atoms with van der Waals surface area (Å²) >= 11 is 0. The van der Waals surface area contributed by atoms with Crippen LogP contribution in [0.1, 0.15) is 59.2 Å². The van der Waals surface area contributed by atoms with E-state index in [1.54, 1.807) is 24.3 Å². The predicted octanol–water partition coefficient (Wildman–Crippen LogP) is 4.66. The molecule has 4 aliphatic carbocycles. The van der Waals surface area contributed by atoms with E-state index < -0.39 is 0 Å². The van der Waals surface area contributed by atoms with Crippen LogP contribution < -0.4 is 24.8 Å². The van der Waals surface area contributed by atoms with E-state index in [4.69, 9.17) is 14.2 Å². The fourth-order valence-corrected chi connectivity index (χ4v) is 6.77. The minimum atomic E-state index is -0.366. The Hall–Kier alpha value is -3.22. The molecule has 6 rings (SSSR count). The van der Waals surface area contributed by atoms with E-state index in [1.807, 2.05) is 12.1 Å². The molecule has 0 unspecified atom stereocenters. The minimum absolute atomic E-state index is 0.0975. The summed E-state index contributed by atoms with van der Waals surface area (Å²) in [6.07, 6.45) is 7.17. The summed E-state index contributed by atoms with van der Waals surface area (Å²) in [5.41, 5.74) is 1.19. The average molecular weight is 465 g/mol. The Morgan fingerprint density at radius 2 is 1.38 bits per heavy atom. The summed E-state index contributed by atoms with van der Waals surface area (Å²) in [7, 11) is 4.52. The van der Waals surface area contributed by atoms with Gasteiger partial charge in [0.15, 0.2) is 11.5 Å². The van der Waals surface area contributed by atoms with Crippen LogP contribution in [0.15, 0.2) is 36.4 Å². The smallest absolute Gasteiger partial charge is 0.255 e. The van der Waals surface area contributed by atoms with Gasteiger partial charge in [0.05, 0.1) is 32.6 Å². The second kappa shape index (κ2) is 8.85. The van der Waals surface area contributed by atoms with Crippen LogP contribution in [0.3, 0.4) is 0 Å². The standard InChI is InChI=1S/C27H32N2O5/c1-32-22-11-19(12-23(33-2)24(22)34-3)25(30)28-21-7-5-4-6-20(21)26(31)29-27-13-16-8-17(14-27)10-18(9-16)15-27/h4-7,11-12,16-18H,8-10,13-15H2,1-3H3,(H,28,30)(H,29,31). The van der Waals surface area contributed by atoms with E-state index in [0.717, 1.165) is 37.0 Å². The van der Waals surface area contributed by atoms with Crippen LogP contribution >= 0.6 is 0 Å². The molecule has 4 aliphatic rings. The van der Waals surface area contributed by atoms with E-state index >= 15 is 0 Å². The Labute approximate surface area is 200 Å². The lowest BCUT2D eigenvalue weighted by molar-refractivity contribution is -0.0166. The topological polar surface area (TPSA) is 85.9 Å². The highest BCUT2D eigenvalue weighted by Gasteiger charge is 2.51. The van der Waals surface area contributed by atoms with Gasteiger partial charge in [-0.3, -0.25) is 9.59 Å². The van der Waals surface area contributed by atoms with E-state index in [2.05, 4.69) is 10.6 Å². The monoisotopic (exact) mass is 464 g/mol. The molecule has 7 heteroatoms. The number of carbonyl (C=O) groups is 2. The largest absolute Gasteiger partial charge is 0.493 e. The molecule has 4 fully saturated rings. The minimum Gasteiger partial charge on any atom is -0.493 e. The highest BCUT2D eigenvalue weighted by atomic mass is 16.5. The lowest BCUT2D eigenvalue weighted by Gasteiger charge is -2.56. The van der Waals surface area contributed by atoms with Gasteiger partial charge in [-0.2, -0.15) is 0 Å². The van der Waals surface area contributed by atoms with Crippen molar-refractivity contribution in [1.82, 2.24) is 5.32 Å². The van der Waals surface area contributed by atoms with Crippen LogP contribution in [0.25, 0.3) is 0 Å². The number of hydrogen-bond acceptors (Lipinski definition) is 5. The molecular formula is C27H32N2O5. The van der Waals surface area contributed by atoms with Crippen molar-refractivity contribution in [3.8, 4) is 17.2 Å². The lowest BCUT2D eigenvalue weighted by atomic mass is 9.53. The second-order valence-electron chi connectivity index (χ2n) is 10.1. The molecule has 2 aromatic rings. The quantitative estimate of drug-likeness (QED) is 0.622. The first-order valence-electron chi connectivity index (χ1n) is 12.0. The molecule has 0 atom stereocenters. The van der Waals surface area contributed by atoms with Crippen molar-refractivity contribution in [1.29, 1.82) is 0 Å². The third kappa shape index (κ3) is 4.08. The number of carbonyl (C=O) groups excluding carboxylic acids is 2. The van der Waals surface area contributed by atoms with Crippen molar-refractivity contribution < 1.29 is 23.8 Å². The number of para-hydroxylation sites is 1. The Bertz CT molecular complexity index is 1050. The Kier molecular flexibility index (Phi) is 5.88. The van der Waals surface area contributed by atoms with E-state index in [-0.39, 0.29) is 17.4 Å². The summed E-state index contributed by atoms with van der Waals surface area (Å²) < 4.78 is 16.1. The van der Waals surface area contributed by atoms with Crippen molar-refractivity contribution in [2.45, 2.75) is 44.1 Å². The maximum Gasteiger partial charge on any atom is 0.255 e. The first kappa shape index (κ1) is 22.6. The molecule has 0 heterocycles. The molecule has 2 amide bonds. The molecule has 0 radical (unpaired) electrons. The molecule has 0 aliphatic heterocycles. The van der Waals surface area contributed by atoms with Gasteiger partial charge in [0.1, 0.15) is 0 Å². The normalized spacial score (nSPS) is 26.6. The maximum absolute atomic E-state index is 13.4. The van der Waals surface area contributed by atoms with Crippen LogP contribution in [-0.4, -0.2) is 38.7 Å². The van der Waals surface area contributed by atoms with Crippen LogP contribution in [0.4, 0.5) is 5.69 Å². The number of amides is 2. The molecular weight excluding hydrogens is 432 g/mol. The van der Waals surface area contributed by atoms with Crippen LogP contribution in [-0.2, 0) is 0 Å². The third-order valence-electron chi connectivity index (χ3n) is 7.76. The second-order valence-corrected chi connectivity index (χ2v) is 10.1. The SMILES string of the molecule is COc1cc(C(=O)Nc2ccccc2C(=O)NC23CC4CC(CC(C4)C2)C3)cc(OC)c1OC. The summed E-state index contributed by atoms with van der Waals surface area (Å²) in [4.78, 5) is 26.6. The molecule has 0 saturated heterocycles. The van der Waals surface area contributed by atoms with Gasteiger partial charge in [0.2, 0.25) is 5.75 Å². The fraction of sp³-hybridized carbons (Fsp3) is 0.481. The van der Waals surface area contributed by atoms with Crippen molar-refractivity contribution in [2.75, 3.05) is 26.6 Å². The molecule has 7 nitrogen and oxygen atoms in total. The highest BCUT2D eigenvalue weighted by Crippen LogP contribution is 2.55. The number of ether oxygens (including phenoxy) is 3. The van der Waals surface area contributed by atoms with Gasteiger partial charge < -0.3 is 24.8 Å². The van der Waals surface area contributed by atoms with Crippen LogP contribution in [0, 0.1) is 17.8 Å². The van der Waals surface area contributed by atoms with Crippen molar-refractivity contribution in [3.63, 3.8) is 0 Å². The van der Waals surface area contributed by atoms with Crippen molar-refractivity contribution >= 4 is 17.5 Å². The Balaban J connectivity index is 1.37. The number of anilines is 1. The Morgan fingerprint density at radius 1 is 0.824 bits per heavy atom. The summed E-state index contributed by atoms with van der Waals surface area (Å²) in [6, 6.07) is 10.3. The average Bonchev–Trinajstić information content (AvgIpc) is 2.82. The number of nitrogens with one attached hydrogen (secondary N) is 2. The maximum atomic E-state index is 13.4. The highest BCUT2D eigenvalue weighted by molar-refractivity contribution is 6.09. The zero-order valence-electron chi connectivity index (χ0n) is 20.0. The molecule has 4 bridgehead atoms. The van der Waals surface area contributed by atoms with Gasteiger partial charge in [0, 0.05) is 11.1 Å². The summed E-state index contributed by atoms with van der Waals surface area (Å²) in [6.45, 7) is 0. The molecule has 2 aromatic carbocycles. The number of benzene rings is 2. The molecule has 2 N–H and O–H groups in total. The number of hydrogen-bond donors (Lipinski definition) is 2. The number of methoxy groups -OCH3 is 3. The van der Waals surface area contributed by atoms with Gasteiger partial charge in [0.25, 0.3) is 11.8 Å². The zero-order valence-corrected chi connectivity index (χ0v) is 20.0. The van der Waals surface area contributed by atoms with E-state index in [1.165, 1.54) is 40.6 Å². The van der Waals surface area contributed by atoms with E-state index in [0.29, 0.717) is 34.1 Å². The van der Waals surface area contributed by atoms with E-state index in [9.17, 15) is 9.59 Å². The van der Waals surface area contributed by atoms with Crippen molar-refractivity contribution in [3.05, 3.63) is 47.5 Å². The van der Waals surface area contributed by atoms with Gasteiger partial charge in [-0.05, 0) is 80.5 Å². The first-order chi connectivity index (χ1) is 16.4.